The Morgan fingerprint density at radius 3 is 2.51 bits per heavy atom. The predicted molar refractivity (Wildman–Crippen MR) is 154 cm³/mol. The highest BCUT2D eigenvalue weighted by Gasteiger charge is 2.58. The van der Waals surface area contributed by atoms with E-state index in [1.165, 1.54) is 13.2 Å². The third kappa shape index (κ3) is 4.91. The van der Waals surface area contributed by atoms with Crippen LogP contribution in [-0.2, 0) is 12.0 Å². The van der Waals surface area contributed by atoms with Crippen LogP contribution in [0.4, 0.5) is 0 Å². The van der Waals surface area contributed by atoms with Crippen LogP contribution in [0, 0.1) is 11.3 Å². The van der Waals surface area contributed by atoms with Crippen LogP contribution in [0.25, 0.3) is 11.3 Å². The van der Waals surface area contributed by atoms with Gasteiger partial charge in [-0.25, -0.2) is 4.79 Å². The number of nitriles is 1. The lowest BCUT2D eigenvalue weighted by molar-refractivity contribution is 0.0696. The summed E-state index contributed by atoms with van der Waals surface area (Å²) < 4.78 is 17.4. The number of carboxylic acid groups (broad SMARTS) is 1. The number of rotatable bonds is 9. The van der Waals surface area contributed by atoms with E-state index >= 15 is 0 Å². The maximum Gasteiger partial charge on any atom is 0.335 e. The Bertz CT molecular complexity index is 1710. The van der Waals surface area contributed by atoms with Gasteiger partial charge in [-0.3, -0.25) is 0 Å². The molecular formula is C31H23Cl3N2O5. The topological polar surface area (TPSA) is 106 Å². The zero-order valence-electron chi connectivity index (χ0n) is 21.8. The summed E-state index contributed by atoms with van der Waals surface area (Å²) in [5.74, 6) is 0.763. The van der Waals surface area contributed by atoms with Crippen LogP contribution in [0.15, 0.2) is 59.1 Å². The molecule has 41 heavy (non-hydrogen) atoms. The lowest BCUT2D eigenvalue weighted by Crippen LogP contribution is -2.09. The highest BCUT2D eigenvalue weighted by atomic mass is 35.5. The van der Waals surface area contributed by atoms with Crippen LogP contribution in [-0.4, -0.2) is 23.3 Å². The van der Waals surface area contributed by atoms with Crippen molar-refractivity contribution >= 4 is 40.8 Å². The van der Waals surface area contributed by atoms with E-state index in [0.717, 1.165) is 24.2 Å². The molecule has 3 aromatic carbocycles. The lowest BCUT2D eigenvalue weighted by atomic mass is 9.91. The van der Waals surface area contributed by atoms with Gasteiger partial charge in [0.15, 0.2) is 0 Å². The largest absolute Gasteiger partial charge is 0.496 e. The van der Waals surface area contributed by atoms with Gasteiger partial charge in [0.25, 0.3) is 0 Å². The Labute approximate surface area is 251 Å². The Hall–Kier alpha value is -3.70. The summed E-state index contributed by atoms with van der Waals surface area (Å²) in [6.45, 7) is 0.160. The minimum absolute atomic E-state index is 0.131. The van der Waals surface area contributed by atoms with Gasteiger partial charge in [0, 0.05) is 28.0 Å². The van der Waals surface area contributed by atoms with Crippen LogP contribution >= 0.6 is 34.8 Å². The van der Waals surface area contributed by atoms with Gasteiger partial charge < -0.3 is 19.1 Å². The molecule has 208 valence electrons. The maximum atomic E-state index is 11.6. The number of aromatic nitrogens is 1. The molecule has 0 spiro atoms. The molecular weight excluding hydrogens is 587 g/mol. The molecule has 2 atom stereocenters. The van der Waals surface area contributed by atoms with Crippen molar-refractivity contribution in [3.63, 3.8) is 0 Å². The summed E-state index contributed by atoms with van der Waals surface area (Å²) in [7, 11) is 1.52. The van der Waals surface area contributed by atoms with Crippen molar-refractivity contribution in [2.24, 2.45) is 0 Å². The minimum Gasteiger partial charge on any atom is -0.496 e. The van der Waals surface area contributed by atoms with Gasteiger partial charge in [-0.15, -0.1) is 0 Å². The number of halogens is 3. The summed E-state index contributed by atoms with van der Waals surface area (Å²) in [5.41, 5.74) is 2.45. The lowest BCUT2D eigenvalue weighted by Gasteiger charge is -2.16. The van der Waals surface area contributed by atoms with Crippen LogP contribution in [0.5, 0.6) is 11.5 Å². The van der Waals surface area contributed by atoms with Gasteiger partial charge in [-0.2, -0.15) is 5.26 Å². The third-order valence-electron chi connectivity index (χ3n) is 7.78. The molecule has 7 nitrogen and oxygen atoms in total. The number of hydrogen-bond acceptors (Lipinski definition) is 6. The van der Waals surface area contributed by atoms with Crippen LogP contribution in [0.1, 0.15) is 63.9 Å². The highest BCUT2D eigenvalue weighted by Crippen LogP contribution is 2.63. The summed E-state index contributed by atoms with van der Waals surface area (Å²) in [5, 5.41) is 25.3. The molecule has 4 aromatic rings. The highest BCUT2D eigenvalue weighted by molar-refractivity contribution is 6.39. The van der Waals surface area contributed by atoms with Crippen molar-refractivity contribution in [3.8, 4) is 28.8 Å². The van der Waals surface area contributed by atoms with Gasteiger partial charge in [0.05, 0.1) is 39.8 Å². The molecule has 6 rings (SSSR count). The number of carboxylic acids is 1. The van der Waals surface area contributed by atoms with Gasteiger partial charge in [-0.1, -0.05) is 52.1 Å². The first-order chi connectivity index (χ1) is 19.8. The maximum absolute atomic E-state index is 11.6. The first-order valence-electron chi connectivity index (χ1n) is 13.0. The Morgan fingerprint density at radius 1 is 1.12 bits per heavy atom. The molecule has 1 heterocycles. The molecule has 0 saturated heterocycles. The summed E-state index contributed by atoms with van der Waals surface area (Å²) in [6.07, 6.45) is 2.50. The van der Waals surface area contributed by atoms with E-state index < -0.39 is 11.4 Å². The number of methoxy groups -OCH3 is 1. The number of carbonyl (C=O) groups is 1. The molecule has 2 aliphatic rings. The fraction of sp³-hybridized carbons (Fsp3) is 0.258. The van der Waals surface area contributed by atoms with Crippen molar-refractivity contribution in [2.45, 2.75) is 43.1 Å². The monoisotopic (exact) mass is 608 g/mol. The third-order valence-corrected chi connectivity index (χ3v) is 8.73. The van der Waals surface area contributed by atoms with Gasteiger partial charge in [0.1, 0.15) is 29.6 Å². The second-order valence-corrected chi connectivity index (χ2v) is 11.5. The normalized spacial score (nSPS) is 19.4. The molecule has 0 aliphatic heterocycles. The average molecular weight is 610 g/mol. The van der Waals surface area contributed by atoms with Gasteiger partial charge in [-0.05, 0) is 67.3 Å². The van der Waals surface area contributed by atoms with E-state index in [1.807, 2.05) is 0 Å². The van der Waals surface area contributed by atoms with Crippen LogP contribution in [0.3, 0.4) is 0 Å². The molecule has 1 aromatic heterocycles. The molecule has 0 amide bonds. The first-order valence-corrected chi connectivity index (χ1v) is 14.1. The molecule has 2 unspecified atom stereocenters. The molecule has 1 N–H and O–H groups in total. The standard InChI is InChI=1S/C31H23Cl3N2O5/c1-39-26-10-7-17(30(37)38)11-19(26)22-13-31(22,15-35)21-9-8-18(12-25(21)34)40-14-20-28(36-41-29(20)16-5-6-16)27-23(32)3-2-4-24(27)33/h2-4,7-12,16,22H,5-6,13-14H2,1H3,(H,37,38). The number of ether oxygens (including phenoxy) is 2. The van der Waals surface area contributed by atoms with Crippen molar-refractivity contribution in [1.82, 2.24) is 5.16 Å². The van der Waals surface area contributed by atoms with Gasteiger partial charge >= 0.3 is 5.97 Å². The molecule has 0 bridgehead atoms. The van der Waals surface area contributed by atoms with E-state index in [1.54, 1.807) is 48.5 Å². The van der Waals surface area contributed by atoms with E-state index in [4.69, 9.17) is 48.8 Å². The molecule has 2 fully saturated rings. The first kappa shape index (κ1) is 27.5. The Morgan fingerprint density at radius 2 is 1.88 bits per heavy atom. The summed E-state index contributed by atoms with van der Waals surface area (Å²) in [4.78, 5) is 11.6. The van der Waals surface area contributed by atoms with Crippen molar-refractivity contribution in [2.75, 3.05) is 7.11 Å². The Balaban J connectivity index is 1.27. The second kappa shape index (κ2) is 10.6. The quantitative estimate of drug-likeness (QED) is 0.203. The SMILES string of the molecule is COc1ccc(C(=O)O)cc1C1CC1(C#N)c1ccc(OCc2c(-c3c(Cl)cccc3Cl)noc2C2CC2)cc1Cl. The van der Waals surface area contributed by atoms with Gasteiger partial charge in [0.2, 0.25) is 0 Å². The zero-order chi connectivity index (χ0) is 28.9. The van der Waals surface area contributed by atoms with E-state index in [0.29, 0.717) is 55.4 Å². The number of nitrogens with zero attached hydrogens (tertiary/aromatic N) is 2. The van der Waals surface area contributed by atoms with E-state index in [-0.39, 0.29) is 24.0 Å². The number of benzene rings is 3. The fourth-order valence-electron chi connectivity index (χ4n) is 5.41. The fourth-order valence-corrected chi connectivity index (χ4v) is 6.33. The number of hydrogen-bond donors (Lipinski definition) is 1. The van der Waals surface area contributed by atoms with Crippen molar-refractivity contribution in [3.05, 3.63) is 97.7 Å². The summed E-state index contributed by atoms with van der Waals surface area (Å²) in [6, 6.07) is 17.6. The Kier molecular flexibility index (Phi) is 7.11. The van der Waals surface area contributed by atoms with Crippen molar-refractivity contribution in [1.29, 1.82) is 5.26 Å². The molecule has 2 saturated carbocycles. The molecule has 0 radical (unpaired) electrons. The van der Waals surface area contributed by atoms with E-state index in [9.17, 15) is 15.2 Å². The number of aromatic carboxylic acids is 1. The molecule has 10 heteroatoms. The smallest absolute Gasteiger partial charge is 0.335 e. The second-order valence-electron chi connectivity index (χ2n) is 10.3. The van der Waals surface area contributed by atoms with E-state index in [2.05, 4.69) is 11.2 Å². The minimum atomic E-state index is -1.05. The van der Waals surface area contributed by atoms with Crippen molar-refractivity contribution < 1.29 is 23.9 Å². The predicted octanol–water partition coefficient (Wildman–Crippen LogP) is 8.41. The average Bonchev–Trinajstić information content (AvgIpc) is 3.89. The zero-order valence-corrected chi connectivity index (χ0v) is 24.1. The van der Waals surface area contributed by atoms with Crippen LogP contribution in [0.2, 0.25) is 15.1 Å². The molecule has 2 aliphatic carbocycles. The summed E-state index contributed by atoms with van der Waals surface area (Å²) >= 11 is 19.7. The van der Waals surface area contributed by atoms with Crippen LogP contribution < -0.4 is 9.47 Å².